The number of hydrogen-bond donors (Lipinski definition) is 2. The van der Waals surface area contributed by atoms with E-state index in [-0.39, 0.29) is 24.9 Å². The quantitative estimate of drug-likeness (QED) is 0.244. The molecule has 14 atom stereocenters. The monoisotopic (exact) mass is 674 g/mol. The van der Waals surface area contributed by atoms with Gasteiger partial charge in [-0.15, -0.1) is 0 Å². The van der Waals surface area contributed by atoms with Gasteiger partial charge < -0.3 is 38.3 Å². The van der Waals surface area contributed by atoms with Crippen LogP contribution in [-0.2, 0) is 42.9 Å². The number of carbonyl (C=O) groups excluding carboxylic acids is 4. The molecule has 0 radical (unpaired) electrons. The highest BCUT2D eigenvalue weighted by Gasteiger charge is 2.92. The Balaban J connectivity index is 1.62. The summed E-state index contributed by atoms with van der Waals surface area (Å²) in [5.74, 6) is -4.81. The van der Waals surface area contributed by atoms with Gasteiger partial charge in [-0.05, 0) is 44.2 Å². The summed E-state index contributed by atoms with van der Waals surface area (Å²) in [6.45, 7) is 15.5. The maximum absolute atomic E-state index is 13.8. The Bertz CT molecular complexity index is 1470. The number of cyclic esters (lactones) is 1. The molecule has 1 aromatic heterocycles. The average molecular weight is 675 g/mol. The van der Waals surface area contributed by atoms with E-state index in [0.717, 1.165) is 5.56 Å². The van der Waals surface area contributed by atoms with Crippen LogP contribution in [0.4, 0.5) is 0 Å². The predicted molar refractivity (Wildman–Crippen MR) is 167 cm³/mol. The number of furan rings is 1. The van der Waals surface area contributed by atoms with Gasteiger partial charge in [0.25, 0.3) is 0 Å². The van der Waals surface area contributed by atoms with Crippen LogP contribution in [0.3, 0.4) is 0 Å². The van der Waals surface area contributed by atoms with Crippen LogP contribution in [0.1, 0.15) is 99.5 Å². The van der Waals surface area contributed by atoms with Gasteiger partial charge in [-0.3, -0.25) is 14.4 Å². The zero-order chi connectivity index (χ0) is 35.4. The van der Waals surface area contributed by atoms with Crippen molar-refractivity contribution in [2.45, 2.75) is 142 Å². The Hall–Kier alpha value is -2.96. The Labute approximate surface area is 281 Å². The van der Waals surface area contributed by atoms with E-state index in [9.17, 15) is 29.4 Å². The number of aliphatic hydroxyl groups excluding tert-OH is 2. The molecule has 0 aromatic carbocycles. The van der Waals surface area contributed by atoms with Crippen LogP contribution in [0.2, 0.25) is 0 Å². The first-order valence-electron chi connectivity index (χ1n) is 17.1. The van der Waals surface area contributed by atoms with Crippen LogP contribution in [-0.4, -0.2) is 81.9 Å². The fourth-order valence-corrected chi connectivity index (χ4v) is 11.3. The molecule has 2 aliphatic heterocycles. The van der Waals surface area contributed by atoms with E-state index >= 15 is 0 Å². The van der Waals surface area contributed by atoms with Crippen molar-refractivity contribution in [2.24, 2.45) is 34.0 Å². The van der Waals surface area contributed by atoms with E-state index in [1.54, 1.807) is 33.3 Å². The van der Waals surface area contributed by atoms with Crippen LogP contribution < -0.4 is 0 Å². The van der Waals surface area contributed by atoms with Crippen molar-refractivity contribution < 1.29 is 57.5 Å². The summed E-state index contributed by atoms with van der Waals surface area (Å²) in [7, 11) is 0. The zero-order valence-corrected chi connectivity index (χ0v) is 29.3. The van der Waals surface area contributed by atoms with Gasteiger partial charge in [0.2, 0.25) is 0 Å². The summed E-state index contributed by atoms with van der Waals surface area (Å²) < 4.78 is 36.8. The Kier molecular flexibility index (Phi) is 8.20. The van der Waals surface area contributed by atoms with Crippen LogP contribution >= 0.6 is 0 Å². The van der Waals surface area contributed by atoms with E-state index in [2.05, 4.69) is 0 Å². The fraction of sp³-hybridized carbons (Fsp3) is 0.778. The largest absolute Gasteiger partial charge is 0.472 e. The van der Waals surface area contributed by atoms with Crippen LogP contribution in [0.25, 0.3) is 0 Å². The molecule has 12 heteroatoms. The zero-order valence-electron chi connectivity index (χ0n) is 29.3. The molecule has 266 valence electrons. The summed E-state index contributed by atoms with van der Waals surface area (Å²) in [5.41, 5.74) is -4.87. The minimum absolute atomic E-state index is 0.218. The molecule has 3 aliphatic carbocycles. The Morgan fingerprint density at radius 1 is 1.00 bits per heavy atom. The molecule has 6 rings (SSSR count). The Morgan fingerprint density at radius 2 is 1.65 bits per heavy atom. The number of fused-ring (bicyclic) bond motifs is 3. The highest BCUT2D eigenvalue weighted by Crippen LogP contribution is 2.82. The molecule has 12 nitrogen and oxygen atoms in total. The van der Waals surface area contributed by atoms with Gasteiger partial charge >= 0.3 is 23.9 Å². The third-order valence-electron chi connectivity index (χ3n) is 13.4. The normalized spacial score (nSPS) is 45.1. The highest BCUT2D eigenvalue weighted by molar-refractivity contribution is 5.75. The first-order chi connectivity index (χ1) is 22.3. The molecule has 3 heterocycles. The molecule has 1 aromatic rings. The van der Waals surface area contributed by atoms with Crippen molar-refractivity contribution in [3.8, 4) is 0 Å². The summed E-state index contributed by atoms with van der Waals surface area (Å²) in [6.07, 6.45) is -2.22. The number of aliphatic hydroxyl groups is 2. The summed E-state index contributed by atoms with van der Waals surface area (Å²) in [5, 5.41) is 24.0. The second kappa shape index (κ2) is 11.3. The molecule has 1 spiro atoms. The lowest BCUT2D eigenvalue weighted by atomic mass is 9.36. The summed E-state index contributed by atoms with van der Waals surface area (Å²) >= 11 is 0. The molecule has 5 fully saturated rings. The first-order valence-corrected chi connectivity index (χ1v) is 17.1. The molecular formula is C36H50O12. The first kappa shape index (κ1) is 34.9. The second-order valence-electron chi connectivity index (χ2n) is 16.0. The van der Waals surface area contributed by atoms with Crippen LogP contribution in [0, 0.1) is 34.0 Å². The van der Waals surface area contributed by atoms with E-state index in [1.165, 1.54) is 13.8 Å². The molecule has 0 bridgehead atoms. The highest BCUT2D eigenvalue weighted by atomic mass is 16.6. The maximum Gasteiger partial charge on any atom is 0.335 e. The van der Waals surface area contributed by atoms with Crippen LogP contribution in [0.15, 0.2) is 23.0 Å². The number of carbonyl (C=O) groups is 4. The number of rotatable bonds is 7. The number of hydrogen-bond acceptors (Lipinski definition) is 12. The molecule has 3 saturated carbocycles. The fourth-order valence-electron chi connectivity index (χ4n) is 11.3. The van der Waals surface area contributed by atoms with Gasteiger partial charge in [-0.2, -0.15) is 0 Å². The van der Waals surface area contributed by atoms with Crippen molar-refractivity contribution >= 4 is 23.9 Å². The second-order valence-corrected chi connectivity index (χ2v) is 16.0. The molecule has 5 aliphatic rings. The number of esters is 4. The van der Waals surface area contributed by atoms with Gasteiger partial charge in [0.1, 0.15) is 29.5 Å². The molecular weight excluding hydrogens is 624 g/mol. The average Bonchev–Trinajstić information content (AvgIpc) is 3.37. The van der Waals surface area contributed by atoms with Crippen LogP contribution in [0.5, 0.6) is 0 Å². The topological polar surface area (TPSA) is 171 Å². The van der Waals surface area contributed by atoms with E-state index in [1.807, 2.05) is 33.8 Å². The van der Waals surface area contributed by atoms with Gasteiger partial charge in [0.05, 0.1) is 31.2 Å². The third kappa shape index (κ3) is 4.50. The van der Waals surface area contributed by atoms with Crippen molar-refractivity contribution in [2.75, 3.05) is 0 Å². The van der Waals surface area contributed by atoms with Gasteiger partial charge in [-0.1, -0.05) is 41.0 Å². The Morgan fingerprint density at radius 3 is 2.23 bits per heavy atom. The molecule has 48 heavy (non-hydrogen) atoms. The molecule has 0 amide bonds. The van der Waals surface area contributed by atoms with E-state index in [0.29, 0.717) is 12.8 Å². The minimum atomic E-state index is -1.45. The van der Waals surface area contributed by atoms with Gasteiger partial charge in [0, 0.05) is 47.8 Å². The number of epoxide rings is 1. The van der Waals surface area contributed by atoms with Crippen molar-refractivity contribution in [1.82, 2.24) is 0 Å². The maximum atomic E-state index is 13.8. The summed E-state index contributed by atoms with van der Waals surface area (Å²) in [6, 6.07) is 1.84. The molecule has 2 N–H and O–H groups in total. The minimum Gasteiger partial charge on any atom is -0.472 e. The van der Waals surface area contributed by atoms with Crippen molar-refractivity contribution in [3.63, 3.8) is 0 Å². The molecule has 2 saturated heterocycles. The smallest absolute Gasteiger partial charge is 0.335 e. The SMILES string of the molecule is CC[C@@H](C)[C@H](O)C(=O)O[C@H]1[C@H](O)[C@@H]2[C@@]3(C)[C@@H](OC(C)=O)CC(=O)OC(C)(C)[C@@H]3C[C@@H](OC(C)=O)[C@@]2(C)[C@@]23O[C@@H]2C[C@@H](c2ccoc2)[C@]13C. The number of ether oxygens (including phenoxy) is 5. The summed E-state index contributed by atoms with van der Waals surface area (Å²) in [4.78, 5) is 52.6. The van der Waals surface area contributed by atoms with Crippen molar-refractivity contribution in [3.05, 3.63) is 24.2 Å². The standard InChI is InChI=1S/C36H50O12/c1-10-17(2)27(40)31(42)46-30-28(41)29-33(7)22(32(5,6)48-26(39)15-23(33)44-18(3)37)14-24(45-19(4)38)35(29,9)36-25(47-36)13-21(34(30,36)8)20-11-12-43-16-20/h11-12,16-17,21-25,27-30,40-41H,10,13-15H2,1-9H3/t17-,21+,22+,23+,24-,25-,27+,28-,29-,30+,33-,34-,35-,36-/m1/s1. The van der Waals surface area contributed by atoms with E-state index < -0.39 is 99.6 Å². The third-order valence-corrected chi connectivity index (χ3v) is 13.4. The van der Waals surface area contributed by atoms with E-state index in [4.69, 9.17) is 28.1 Å². The van der Waals surface area contributed by atoms with Gasteiger partial charge in [0.15, 0.2) is 6.10 Å². The van der Waals surface area contributed by atoms with Crippen molar-refractivity contribution in [1.29, 1.82) is 0 Å². The predicted octanol–water partition coefficient (Wildman–Crippen LogP) is 3.84. The molecule has 0 unspecified atom stereocenters. The lowest BCUT2D eigenvalue weighted by molar-refractivity contribution is -0.315. The van der Waals surface area contributed by atoms with Gasteiger partial charge in [-0.25, -0.2) is 4.79 Å². The lowest BCUT2D eigenvalue weighted by Crippen LogP contribution is -2.79. The lowest BCUT2D eigenvalue weighted by Gasteiger charge is -2.69.